The Hall–Kier alpha value is -1.84. The van der Waals surface area contributed by atoms with E-state index in [0.29, 0.717) is 18.5 Å². The van der Waals surface area contributed by atoms with Crippen LogP contribution in [0.3, 0.4) is 0 Å². The maximum Gasteiger partial charge on any atom is 0.224 e. The molecule has 1 fully saturated rings. The molecule has 3 heterocycles. The number of thiocarbonyl (C=S) groups is 1. The fraction of sp³-hybridized carbons (Fsp3) is 0.444. The van der Waals surface area contributed by atoms with Crippen LogP contribution in [0.15, 0.2) is 23.0 Å². The Morgan fingerprint density at radius 3 is 2.81 bits per heavy atom. The summed E-state index contributed by atoms with van der Waals surface area (Å²) in [7, 11) is 0. The van der Waals surface area contributed by atoms with Gasteiger partial charge >= 0.3 is 0 Å². The second-order valence-corrected chi connectivity index (χ2v) is 8.75. The second kappa shape index (κ2) is 8.90. The summed E-state index contributed by atoms with van der Waals surface area (Å²) in [4.78, 5) is 13.7. The molecule has 0 unspecified atom stereocenters. The number of fused-ring (bicyclic) bond motifs is 1. The second-order valence-electron chi connectivity index (χ2n) is 6.53. The van der Waals surface area contributed by atoms with Crippen molar-refractivity contribution in [2.75, 3.05) is 18.4 Å². The molecule has 3 aromatic rings. The molecule has 3 aromatic heterocycles. The van der Waals surface area contributed by atoms with Crippen molar-refractivity contribution in [1.82, 2.24) is 25.6 Å². The van der Waals surface area contributed by atoms with E-state index in [1.807, 2.05) is 16.8 Å². The molecule has 0 bridgehead atoms. The molecule has 0 aromatic carbocycles. The fourth-order valence-corrected chi connectivity index (χ4v) is 5.05. The summed E-state index contributed by atoms with van der Waals surface area (Å²) in [5.41, 5.74) is 1.85. The summed E-state index contributed by atoms with van der Waals surface area (Å²) >= 11 is 8.64. The quantitative estimate of drug-likeness (QED) is 0.412. The van der Waals surface area contributed by atoms with Crippen LogP contribution in [-0.4, -0.2) is 39.2 Å². The Morgan fingerprint density at radius 1 is 1.11 bits per heavy atom. The van der Waals surface area contributed by atoms with Gasteiger partial charge < -0.3 is 16.0 Å². The first-order valence-electron chi connectivity index (χ1n) is 9.23. The Morgan fingerprint density at radius 2 is 2.00 bits per heavy atom. The maximum absolute atomic E-state index is 5.40. The molecule has 9 heteroatoms. The molecular formula is C18H22N6S3. The summed E-state index contributed by atoms with van der Waals surface area (Å²) in [5.74, 6) is 0.624. The summed E-state index contributed by atoms with van der Waals surface area (Å²) in [5, 5.41) is 15.7. The predicted octanol–water partition coefficient (Wildman–Crippen LogP) is 4.02. The van der Waals surface area contributed by atoms with Crippen molar-refractivity contribution in [2.24, 2.45) is 0 Å². The number of aromatic nitrogens is 3. The van der Waals surface area contributed by atoms with Crippen LogP contribution < -0.4 is 16.0 Å². The minimum atomic E-state index is 0.525. The number of nitrogens with one attached hydrogen (secondary N) is 3. The van der Waals surface area contributed by atoms with Crippen molar-refractivity contribution in [3.05, 3.63) is 23.0 Å². The zero-order valence-electron chi connectivity index (χ0n) is 14.9. The summed E-state index contributed by atoms with van der Waals surface area (Å²) < 4.78 is 1.08. The normalized spacial score (nSPS) is 15.0. The van der Waals surface area contributed by atoms with E-state index < -0.39 is 0 Å². The molecule has 1 aliphatic rings. The first-order valence-corrected chi connectivity index (χ1v) is 11.4. The van der Waals surface area contributed by atoms with Gasteiger partial charge in [0.25, 0.3) is 0 Å². The van der Waals surface area contributed by atoms with Crippen LogP contribution in [0.25, 0.3) is 20.9 Å². The van der Waals surface area contributed by atoms with Crippen LogP contribution in [0, 0.1) is 0 Å². The van der Waals surface area contributed by atoms with E-state index in [4.69, 9.17) is 12.2 Å². The lowest BCUT2D eigenvalue weighted by Crippen LogP contribution is -2.44. The SMILES string of the molecule is S=C(NCCNc1nc(-c2nccs2)c2sccc2n1)NC1CCCCC1. The van der Waals surface area contributed by atoms with E-state index in [2.05, 4.69) is 30.9 Å². The number of rotatable bonds is 6. The highest BCUT2D eigenvalue weighted by Gasteiger charge is 2.14. The topological polar surface area (TPSA) is 74.8 Å². The van der Waals surface area contributed by atoms with Crippen molar-refractivity contribution in [1.29, 1.82) is 0 Å². The number of nitrogens with zero attached hydrogens (tertiary/aromatic N) is 3. The molecule has 142 valence electrons. The van der Waals surface area contributed by atoms with E-state index in [9.17, 15) is 0 Å². The van der Waals surface area contributed by atoms with Gasteiger partial charge in [0, 0.05) is 30.7 Å². The van der Waals surface area contributed by atoms with Gasteiger partial charge in [-0.15, -0.1) is 22.7 Å². The predicted molar refractivity (Wildman–Crippen MR) is 118 cm³/mol. The summed E-state index contributed by atoms with van der Waals surface area (Å²) in [6, 6.07) is 2.54. The lowest BCUT2D eigenvalue weighted by molar-refractivity contribution is 0.412. The van der Waals surface area contributed by atoms with Gasteiger partial charge in [-0.05, 0) is 36.5 Å². The molecule has 0 aliphatic heterocycles. The molecule has 6 nitrogen and oxygen atoms in total. The van der Waals surface area contributed by atoms with Crippen molar-refractivity contribution in [3.8, 4) is 10.7 Å². The van der Waals surface area contributed by atoms with Gasteiger partial charge in [0.05, 0.1) is 10.2 Å². The Balaban J connectivity index is 1.32. The number of hydrogen-bond donors (Lipinski definition) is 3. The van der Waals surface area contributed by atoms with Gasteiger partial charge in [0.1, 0.15) is 10.7 Å². The maximum atomic E-state index is 5.40. The van der Waals surface area contributed by atoms with Crippen LogP contribution in [0.2, 0.25) is 0 Å². The van der Waals surface area contributed by atoms with E-state index in [0.717, 1.165) is 32.6 Å². The zero-order chi connectivity index (χ0) is 18.5. The van der Waals surface area contributed by atoms with Crippen LogP contribution in [0.5, 0.6) is 0 Å². The van der Waals surface area contributed by atoms with E-state index in [-0.39, 0.29) is 0 Å². The molecular weight excluding hydrogens is 396 g/mol. The fourth-order valence-electron chi connectivity index (χ4n) is 3.26. The van der Waals surface area contributed by atoms with Gasteiger partial charge in [-0.25, -0.2) is 15.0 Å². The van der Waals surface area contributed by atoms with E-state index in [1.165, 1.54) is 32.1 Å². The molecule has 27 heavy (non-hydrogen) atoms. The van der Waals surface area contributed by atoms with Crippen LogP contribution >= 0.6 is 34.9 Å². The van der Waals surface area contributed by atoms with E-state index >= 15 is 0 Å². The van der Waals surface area contributed by atoms with Gasteiger partial charge in [0.15, 0.2) is 5.11 Å². The number of thiophene rings is 1. The van der Waals surface area contributed by atoms with Gasteiger partial charge in [-0.1, -0.05) is 19.3 Å². The molecule has 0 amide bonds. The Labute approximate surface area is 171 Å². The first kappa shape index (κ1) is 18.5. The first-order chi connectivity index (χ1) is 13.3. The minimum Gasteiger partial charge on any atom is -0.361 e. The Bertz CT molecular complexity index is 886. The highest BCUT2D eigenvalue weighted by atomic mass is 32.1. The van der Waals surface area contributed by atoms with Gasteiger partial charge in [0.2, 0.25) is 5.95 Å². The van der Waals surface area contributed by atoms with Crippen molar-refractivity contribution in [2.45, 2.75) is 38.1 Å². The monoisotopic (exact) mass is 418 g/mol. The largest absolute Gasteiger partial charge is 0.361 e. The van der Waals surface area contributed by atoms with Crippen LogP contribution in [-0.2, 0) is 0 Å². The van der Waals surface area contributed by atoms with Crippen LogP contribution in [0.1, 0.15) is 32.1 Å². The van der Waals surface area contributed by atoms with Crippen molar-refractivity contribution >= 4 is 56.2 Å². The highest BCUT2D eigenvalue weighted by molar-refractivity contribution is 7.80. The third-order valence-electron chi connectivity index (χ3n) is 4.57. The zero-order valence-corrected chi connectivity index (χ0v) is 17.4. The molecule has 1 aliphatic carbocycles. The lowest BCUT2D eigenvalue weighted by Gasteiger charge is -2.24. The third-order valence-corrected chi connectivity index (χ3v) is 6.52. The van der Waals surface area contributed by atoms with Gasteiger partial charge in [-0.3, -0.25) is 0 Å². The molecule has 0 atom stereocenters. The molecule has 1 saturated carbocycles. The number of hydrogen-bond acceptors (Lipinski definition) is 7. The van der Waals surface area contributed by atoms with Crippen LogP contribution in [0.4, 0.5) is 5.95 Å². The average Bonchev–Trinajstić information content (AvgIpc) is 3.37. The van der Waals surface area contributed by atoms with Gasteiger partial charge in [-0.2, -0.15) is 0 Å². The van der Waals surface area contributed by atoms with Crippen molar-refractivity contribution in [3.63, 3.8) is 0 Å². The molecule has 3 N–H and O–H groups in total. The standard InChI is InChI=1S/C18H22N6S3/c25-18(22-12-4-2-1-3-5-12)21-8-7-20-17-23-13-6-10-26-15(13)14(24-17)16-19-9-11-27-16/h6,9-12H,1-5,7-8H2,(H,20,23,24)(H2,21,22,25). The average molecular weight is 419 g/mol. The number of anilines is 1. The molecule has 0 spiro atoms. The smallest absolute Gasteiger partial charge is 0.224 e. The summed E-state index contributed by atoms with van der Waals surface area (Å²) in [6.45, 7) is 1.41. The highest BCUT2D eigenvalue weighted by Crippen LogP contribution is 2.32. The lowest BCUT2D eigenvalue weighted by atomic mass is 9.96. The van der Waals surface area contributed by atoms with E-state index in [1.54, 1.807) is 28.9 Å². The summed E-state index contributed by atoms with van der Waals surface area (Å²) in [6.07, 6.45) is 8.18. The minimum absolute atomic E-state index is 0.525. The molecule has 0 saturated heterocycles. The molecule has 0 radical (unpaired) electrons. The number of thiazole rings is 1. The Kier molecular flexibility index (Phi) is 6.10. The third kappa shape index (κ3) is 4.72. The molecule has 4 rings (SSSR count). The van der Waals surface area contributed by atoms with Crippen molar-refractivity contribution < 1.29 is 0 Å².